The minimum Gasteiger partial charge on any atom is -0.487 e. The smallest absolute Gasteiger partial charge is 0.248 e. The van der Waals surface area contributed by atoms with Crippen LogP contribution in [0.25, 0.3) is 0 Å². The van der Waals surface area contributed by atoms with E-state index >= 15 is 0 Å². The molecule has 2 aromatic rings. The predicted molar refractivity (Wildman–Crippen MR) is 126 cm³/mol. The molecule has 2 heterocycles. The number of fused-ring (bicyclic) bond motifs is 1. The second kappa shape index (κ2) is 10.9. The first-order chi connectivity index (χ1) is 13.9. The summed E-state index contributed by atoms with van der Waals surface area (Å²) in [6, 6.07) is 8.20. The third-order valence-corrected chi connectivity index (χ3v) is 4.67. The van der Waals surface area contributed by atoms with E-state index in [-0.39, 0.29) is 48.3 Å². The Morgan fingerprint density at radius 2 is 2.10 bits per heavy atom. The molecule has 0 saturated carbocycles. The van der Waals surface area contributed by atoms with Gasteiger partial charge in [0.1, 0.15) is 24.0 Å². The highest BCUT2D eigenvalue weighted by Gasteiger charge is 2.34. The number of aliphatic imine (C=N–C) groups is 1. The number of hydrogen-bond donors (Lipinski definition) is 2. The molecule has 2 N–H and O–H groups in total. The highest BCUT2D eigenvalue weighted by Crippen LogP contribution is 2.39. The molecule has 2 atom stereocenters. The van der Waals surface area contributed by atoms with E-state index < -0.39 is 0 Å². The molecule has 8 nitrogen and oxygen atoms in total. The van der Waals surface area contributed by atoms with Gasteiger partial charge in [-0.25, -0.2) is 4.99 Å². The lowest BCUT2D eigenvalue weighted by Crippen LogP contribution is -2.45. The second-order valence-corrected chi connectivity index (χ2v) is 7.64. The number of hydrogen-bond acceptors (Lipinski definition) is 6. The summed E-state index contributed by atoms with van der Waals surface area (Å²) in [6.45, 7) is 11.7. The first-order valence-corrected chi connectivity index (χ1v) is 10.2. The van der Waals surface area contributed by atoms with Gasteiger partial charge in [-0.15, -0.1) is 24.0 Å². The molecule has 0 amide bonds. The van der Waals surface area contributed by atoms with Gasteiger partial charge in [0.15, 0.2) is 11.8 Å². The molecule has 1 aliphatic heterocycles. The minimum atomic E-state index is -0.264. The van der Waals surface area contributed by atoms with E-state index in [4.69, 9.17) is 14.0 Å². The Morgan fingerprint density at radius 3 is 2.83 bits per heavy atom. The van der Waals surface area contributed by atoms with Gasteiger partial charge in [-0.1, -0.05) is 23.4 Å². The maximum absolute atomic E-state index is 6.12. The van der Waals surface area contributed by atoms with E-state index in [2.05, 4.69) is 45.7 Å². The molecule has 0 bridgehead atoms. The molecule has 2 unspecified atom stereocenters. The van der Waals surface area contributed by atoms with Crippen LogP contribution in [0, 0.1) is 0 Å². The van der Waals surface area contributed by atoms with Crippen molar-refractivity contribution < 1.29 is 14.0 Å². The van der Waals surface area contributed by atoms with Crippen molar-refractivity contribution in [3.8, 4) is 5.75 Å². The largest absolute Gasteiger partial charge is 0.487 e. The Morgan fingerprint density at radius 1 is 1.33 bits per heavy atom. The van der Waals surface area contributed by atoms with Gasteiger partial charge in [-0.2, -0.15) is 4.98 Å². The van der Waals surface area contributed by atoms with Crippen LogP contribution in [-0.2, 0) is 11.3 Å². The number of halogens is 1. The molecule has 1 aromatic carbocycles. The monoisotopic (exact) mass is 529 g/mol. The van der Waals surface area contributed by atoms with Crippen molar-refractivity contribution in [1.29, 1.82) is 0 Å². The van der Waals surface area contributed by atoms with Crippen LogP contribution in [0.1, 0.15) is 70.5 Å². The summed E-state index contributed by atoms with van der Waals surface area (Å²) in [5.74, 6) is 2.60. The molecule has 0 aliphatic carbocycles. The van der Waals surface area contributed by atoms with Crippen LogP contribution in [0.2, 0.25) is 0 Å². The number of guanidine groups is 1. The van der Waals surface area contributed by atoms with Crippen LogP contribution in [0.15, 0.2) is 33.8 Å². The molecule has 0 fully saturated rings. The van der Waals surface area contributed by atoms with Crippen LogP contribution in [0.5, 0.6) is 5.75 Å². The number of nitrogens with zero attached hydrogens (tertiary/aromatic N) is 3. The van der Waals surface area contributed by atoms with Crippen molar-refractivity contribution in [3.05, 3.63) is 41.5 Å². The average molecular weight is 529 g/mol. The van der Waals surface area contributed by atoms with E-state index in [9.17, 15) is 0 Å². The van der Waals surface area contributed by atoms with E-state index in [1.807, 2.05) is 39.0 Å². The maximum atomic E-state index is 6.12. The fourth-order valence-electron chi connectivity index (χ4n) is 3.38. The number of para-hydroxylation sites is 1. The number of benzene rings is 1. The molecule has 0 saturated heterocycles. The van der Waals surface area contributed by atoms with E-state index in [0.29, 0.717) is 24.3 Å². The summed E-state index contributed by atoms with van der Waals surface area (Å²) >= 11 is 0. The van der Waals surface area contributed by atoms with E-state index in [0.717, 1.165) is 24.3 Å². The van der Waals surface area contributed by atoms with Gasteiger partial charge in [-0.3, -0.25) is 0 Å². The topological polar surface area (TPSA) is 93.8 Å². The predicted octanol–water partition coefficient (Wildman–Crippen LogP) is 4.14. The van der Waals surface area contributed by atoms with Gasteiger partial charge in [0, 0.05) is 25.1 Å². The van der Waals surface area contributed by atoms with Crippen LogP contribution in [0.4, 0.5) is 0 Å². The number of aromatic nitrogens is 2. The summed E-state index contributed by atoms with van der Waals surface area (Å²) in [7, 11) is 0. The molecule has 3 rings (SSSR count). The zero-order valence-electron chi connectivity index (χ0n) is 18.3. The molecule has 0 spiro atoms. The van der Waals surface area contributed by atoms with Gasteiger partial charge in [-0.05, 0) is 40.7 Å². The molecule has 166 valence electrons. The maximum Gasteiger partial charge on any atom is 0.248 e. The molecular formula is C21H32IN5O3. The highest BCUT2D eigenvalue weighted by molar-refractivity contribution is 14.0. The molecule has 1 aromatic heterocycles. The number of ether oxygens (including phenoxy) is 2. The molecular weight excluding hydrogens is 497 g/mol. The summed E-state index contributed by atoms with van der Waals surface area (Å²) in [5.41, 5.74) is 0.864. The quantitative estimate of drug-likeness (QED) is 0.316. The number of rotatable bonds is 7. The highest BCUT2D eigenvalue weighted by atomic mass is 127. The summed E-state index contributed by atoms with van der Waals surface area (Å²) in [4.78, 5) is 9.01. The van der Waals surface area contributed by atoms with Gasteiger partial charge in [0.2, 0.25) is 5.89 Å². The third-order valence-electron chi connectivity index (χ3n) is 4.67. The molecule has 9 heteroatoms. The van der Waals surface area contributed by atoms with Gasteiger partial charge < -0.3 is 24.6 Å². The Bertz CT molecular complexity index is 840. The Labute approximate surface area is 195 Å². The summed E-state index contributed by atoms with van der Waals surface area (Å²) in [5, 5.41) is 10.8. The Balaban J connectivity index is 0.00000320. The van der Waals surface area contributed by atoms with Crippen molar-refractivity contribution in [3.63, 3.8) is 0 Å². The van der Waals surface area contributed by atoms with Crippen molar-refractivity contribution in [2.45, 2.75) is 65.3 Å². The lowest BCUT2D eigenvalue weighted by molar-refractivity contribution is 0.0682. The normalized spacial score (nSPS) is 18.6. The summed E-state index contributed by atoms with van der Waals surface area (Å²) < 4.78 is 16.9. The van der Waals surface area contributed by atoms with Crippen molar-refractivity contribution in [2.24, 2.45) is 4.99 Å². The first kappa shape index (κ1) is 24.4. The molecule has 0 radical (unpaired) electrons. The van der Waals surface area contributed by atoms with Gasteiger partial charge in [0.25, 0.3) is 0 Å². The van der Waals surface area contributed by atoms with Crippen molar-refractivity contribution in [1.82, 2.24) is 20.8 Å². The van der Waals surface area contributed by atoms with Crippen molar-refractivity contribution in [2.75, 3.05) is 13.2 Å². The standard InChI is InChI=1S/C21H31N5O3.HI/c1-6-22-20(23-13-18-25-19(26-29-18)14(3)27-7-2)24-16-12-21(4,5)28-17-11-9-8-10-15(16)17;/h8-11,14,16H,6-7,12-13H2,1-5H3,(H2,22,23,24);1H. The van der Waals surface area contributed by atoms with Gasteiger partial charge >= 0.3 is 0 Å². The van der Waals surface area contributed by atoms with E-state index in [1.165, 1.54) is 0 Å². The van der Waals surface area contributed by atoms with Gasteiger partial charge in [0.05, 0.1) is 6.04 Å². The van der Waals surface area contributed by atoms with Crippen LogP contribution in [-0.4, -0.2) is 34.9 Å². The zero-order chi connectivity index (χ0) is 20.9. The Kier molecular flexibility index (Phi) is 8.90. The molecule has 30 heavy (non-hydrogen) atoms. The second-order valence-electron chi connectivity index (χ2n) is 7.64. The lowest BCUT2D eigenvalue weighted by Gasteiger charge is -2.38. The first-order valence-electron chi connectivity index (χ1n) is 10.2. The minimum absolute atomic E-state index is 0. The zero-order valence-corrected chi connectivity index (χ0v) is 20.6. The average Bonchev–Trinajstić information content (AvgIpc) is 3.15. The van der Waals surface area contributed by atoms with Crippen LogP contribution in [0.3, 0.4) is 0 Å². The van der Waals surface area contributed by atoms with E-state index in [1.54, 1.807) is 0 Å². The number of nitrogens with one attached hydrogen (secondary N) is 2. The SMILES string of the molecule is CCNC(=NCc1nc(C(C)OCC)no1)NC1CC(C)(C)Oc2ccccc21.I. The van der Waals surface area contributed by atoms with Crippen molar-refractivity contribution >= 4 is 29.9 Å². The fourth-order valence-corrected chi connectivity index (χ4v) is 3.38. The Hall–Kier alpha value is -1.88. The summed E-state index contributed by atoms with van der Waals surface area (Å²) in [6.07, 6.45) is 0.624. The fraction of sp³-hybridized carbons (Fsp3) is 0.571. The van der Waals surface area contributed by atoms with Crippen LogP contribution < -0.4 is 15.4 Å². The van der Waals surface area contributed by atoms with Crippen LogP contribution >= 0.6 is 24.0 Å². The molecule has 1 aliphatic rings. The third kappa shape index (κ3) is 6.31. The lowest BCUT2D eigenvalue weighted by atomic mass is 9.90.